The molecule has 0 fully saturated rings. The molecule has 172 valence electrons. The Labute approximate surface area is 202 Å². The van der Waals surface area contributed by atoms with Crippen LogP contribution < -0.4 is 10.6 Å². The Bertz CT molecular complexity index is 1250. The molecule has 0 aliphatic rings. The summed E-state index contributed by atoms with van der Waals surface area (Å²) in [5.41, 5.74) is 8.78. The standard InChI is InChI=1S/C30H31N3O/c1-21-11-16-28(22(2)18-21)30(25-8-5-4-6-9-25)33-29(34)19-24-12-14-27(15-13-24)32-20-26-10-7-17-31-23(26)3/h4-18,30,32H,19-20H2,1-3H3,(H,33,34). The van der Waals surface area contributed by atoms with Crippen molar-refractivity contribution < 1.29 is 4.79 Å². The number of aromatic nitrogens is 1. The molecule has 1 aromatic heterocycles. The molecule has 0 saturated carbocycles. The van der Waals surface area contributed by atoms with E-state index in [-0.39, 0.29) is 11.9 Å². The minimum atomic E-state index is -0.182. The lowest BCUT2D eigenvalue weighted by atomic mass is 9.93. The maximum atomic E-state index is 13.0. The first-order chi connectivity index (χ1) is 16.5. The molecule has 34 heavy (non-hydrogen) atoms. The van der Waals surface area contributed by atoms with E-state index in [0.29, 0.717) is 13.0 Å². The van der Waals surface area contributed by atoms with Crippen molar-refractivity contribution in [1.29, 1.82) is 0 Å². The molecule has 1 unspecified atom stereocenters. The molecule has 3 aromatic carbocycles. The van der Waals surface area contributed by atoms with Crippen LogP contribution in [-0.4, -0.2) is 10.9 Å². The van der Waals surface area contributed by atoms with Crippen molar-refractivity contribution in [1.82, 2.24) is 10.3 Å². The molecule has 1 atom stereocenters. The molecule has 4 aromatic rings. The molecule has 0 saturated heterocycles. The van der Waals surface area contributed by atoms with Gasteiger partial charge in [-0.15, -0.1) is 0 Å². The number of carbonyl (C=O) groups is 1. The molecule has 1 heterocycles. The number of nitrogens with one attached hydrogen (secondary N) is 2. The summed E-state index contributed by atoms with van der Waals surface area (Å²) in [5.74, 6) is 0.000483. The number of nitrogens with zero attached hydrogens (tertiary/aromatic N) is 1. The lowest BCUT2D eigenvalue weighted by Crippen LogP contribution is -2.31. The van der Waals surface area contributed by atoms with Gasteiger partial charge in [-0.25, -0.2) is 0 Å². The van der Waals surface area contributed by atoms with Crippen LogP contribution in [-0.2, 0) is 17.8 Å². The third kappa shape index (κ3) is 5.90. The van der Waals surface area contributed by atoms with Gasteiger partial charge in [-0.05, 0) is 66.8 Å². The fourth-order valence-corrected chi connectivity index (χ4v) is 4.18. The third-order valence-corrected chi connectivity index (χ3v) is 6.09. The number of aryl methyl sites for hydroxylation is 3. The monoisotopic (exact) mass is 449 g/mol. The second-order valence-electron chi connectivity index (χ2n) is 8.75. The van der Waals surface area contributed by atoms with E-state index in [9.17, 15) is 4.79 Å². The predicted octanol–water partition coefficient (Wildman–Crippen LogP) is 6.07. The molecular formula is C30H31N3O. The lowest BCUT2D eigenvalue weighted by Gasteiger charge is -2.22. The summed E-state index contributed by atoms with van der Waals surface area (Å²) in [6, 6.07) is 28.4. The van der Waals surface area contributed by atoms with Crippen LogP contribution >= 0.6 is 0 Å². The van der Waals surface area contributed by atoms with Crippen LogP contribution in [0.15, 0.2) is 91.1 Å². The smallest absolute Gasteiger partial charge is 0.225 e. The molecule has 0 radical (unpaired) electrons. The van der Waals surface area contributed by atoms with Gasteiger partial charge in [-0.3, -0.25) is 9.78 Å². The van der Waals surface area contributed by atoms with Crippen molar-refractivity contribution in [2.24, 2.45) is 0 Å². The van der Waals surface area contributed by atoms with E-state index in [4.69, 9.17) is 0 Å². The van der Waals surface area contributed by atoms with Crippen molar-refractivity contribution in [3.05, 3.63) is 130 Å². The maximum Gasteiger partial charge on any atom is 0.225 e. The highest BCUT2D eigenvalue weighted by Crippen LogP contribution is 2.26. The number of hydrogen-bond donors (Lipinski definition) is 2. The first kappa shape index (κ1) is 23.2. The number of carbonyl (C=O) groups excluding carboxylic acids is 1. The zero-order valence-corrected chi connectivity index (χ0v) is 20.0. The molecule has 2 N–H and O–H groups in total. The van der Waals surface area contributed by atoms with Gasteiger partial charge in [0, 0.05) is 24.1 Å². The largest absolute Gasteiger partial charge is 0.381 e. The van der Waals surface area contributed by atoms with E-state index in [1.807, 2.05) is 55.5 Å². The van der Waals surface area contributed by atoms with Gasteiger partial charge in [0.25, 0.3) is 0 Å². The van der Waals surface area contributed by atoms with E-state index < -0.39 is 0 Å². The highest BCUT2D eigenvalue weighted by Gasteiger charge is 2.19. The number of amides is 1. The summed E-state index contributed by atoms with van der Waals surface area (Å²) in [7, 11) is 0. The van der Waals surface area contributed by atoms with Gasteiger partial charge in [-0.1, -0.05) is 72.3 Å². The summed E-state index contributed by atoms with van der Waals surface area (Å²) in [6.45, 7) is 6.92. The van der Waals surface area contributed by atoms with Crippen molar-refractivity contribution >= 4 is 11.6 Å². The first-order valence-corrected chi connectivity index (χ1v) is 11.6. The molecule has 0 spiro atoms. The van der Waals surface area contributed by atoms with Crippen molar-refractivity contribution in [2.75, 3.05) is 5.32 Å². The first-order valence-electron chi connectivity index (χ1n) is 11.6. The predicted molar refractivity (Wildman–Crippen MR) is 139 cm³/mol. The normalized spacial score (nSPS) is 11.6. The van der Waals surface area contributed by atoms with Gasteiger partial charge in [0.15, 0.2) is 0 Å². The Hall–Kier alpha value is -3.92. The van der Waals surface area contributed by atoms with E-state index in [1.54, 1.807) is 6.20 Å². The molecule has 4 heteroatoms. The van der Waals surface area contributed by atoms with E-state index in [1.165, 1.54) is 16.7 Å². The molecule has 4 rings (SSSR count). The van der Waals surface area contributed by atoms with Gasteiger partial charge < -0.3 is 10.6 Å². The average molecular weight is 450 g/mol. The van der Waals surface area contributed by atoms with Crippen LogP contribution in [0.1, 0.15) is 45.1 Å². The molecule has 0 bridgehead atoms. The van der Waals surface area contributed by atoms with Crippen LogP contribution in [0.4, 0.5) is 5.69 Å². The van der Waals surface area contributed by atoms with Gasteiger partial charge in [-0.2, -0.15) is 0 Å². The Morgan fingerprint density at radius 2 is 1.65 bits per heavy atom. The number of benzene rings is 3. The van der Waals surface area contributed by atoms with Gasteiger partial charge in [0.05, 0.1) is 12.5 Å². The summed E-state index contributed by atoms with van der Waals surface area (Å²) in [4.78, 5) is 17.4. The van der Waals surface area contributed by atoms with E-state index in [0.717, 1.165) is 28.1 Å². The fraction of sp³-hybridized carbons (Fsp3) is 0.200. The zero-order valence-electron chi connectivity index (χ0n) is 20.0. The van der Waals surface area contributed by atoms with Gasteiger partial charge in [0.2, 0.25) is 5.91 Å². The lowest BCUT2D eigenvalue weighted by molar-refractivity contribution is -0.120. The SMILES string of the molecule is Cc1ccc(C(NC(=O)Cc2ccc(NCc3cccnc3C)cc2)c2ccccc2)c(C)c1. The average Bonchev–Trinajstić information content (AvgIpc) is 2.84. The van der Waals surface area contributed by atoms with Crippen LogP contribution in [0.3, 0.4) is 0 Å². The quantitative estimate of drug-likeness (QED) is 0.343. The topological polar surface area (TPSA) is 54.0 Å². The van der Waals surface area contributed by atoms with Crippen LogP contribution in [0, 0.1) is 20.8 Å². The Balaban J connectivity index is 1.43. The second-order valence-corrected chi connectivity index (χ2v) is 8.75. The highest BCUT2D eigenvalue weighted by molar-refractivity contribution is 5.79. The number of rotatable bonds is 8. The highest BCUT2D eigenvalue weighted by atomic mass is 16.1. The van der Waals surface area contributed by atoms with Crippen molar-refractivity contribution in [3.63, 3.8) is 0 Å². The Morgan fingerprint density at radius 1 is 0.882 bits per heavy atom. The van der Waals surface area contributed by atoms with Crippen LogP contribution in [0.2, 0.25) is 0 Å². The summed E-state index contributed by atoms with van der Waals surface area (Å²) < 4.78 is 0. The number of anilines is 1. The zero-order chi connectivity index (χ0) is 23.9. The number of pyridine rings is 1. The van der Waals surface area contributed by atoms with Gasteiger partial charge in [0.1, 0.15) is 0 Å². The third-order valence-electron chi connectivity index (χ3n) is 6.09. The van der Waals surface area contributed by atoms with Crippen molar-refractivity contribution in [3.8, 4) is 0 Å². The maximum absolute atomic E-state index is 13.0. The minimum Gasteiger partial charge on any atom is -0.381 e. The fourth-order valence-electron chi connectivity index (χ4n) is 4.18. The molecule has 1 amide bonds. The van der Waals surface area contributed by atoms with E-state index >= 15 is 0 Å². The Morgan fingerprint density at radius 3 is 2.35 bits per heavy atom. The van der Waals surface area contributed by atoms with Crippen LogP contribution in [0.25, 0.3) is 0 Å². The molecule has 0 aliphatic carbocycles. The summed E-state index contributed by atoms with van der Waals surface area (Å²) in [6.07, 6.45) is 2.14. The summed E-state index contributed by atoms with van der Waals surface area (Å²) in [5, 5.41) is 6.69. The minimum absolute atomic E-state index is 0.000483. The molecule has 4 nitrogen and oxygen atoms in total. The summed E-state index contributed by atoms with van der Waals surface area (Å²) >= 11 is 0. The van der Waals surface area contributed by atoms with Gasteiger partial charge >= 0.3 is 0 Å². The molecule has 0 aliphatic heterocycles. The number of hydrogen-bond acceptors (Lipinski definition) is 3. The molecular weight excluding hydrogens is 418 g/mol. The van der Waals surface area contributed by atoms with E-state index in [2.05, 4.69) is 65.9 Å². The second kappa shape index (κ2) is 10.8. The Kier molecular flexibility index (Phi) is 7.38. The van der Waals surface area contributed by atoms with Crippen molar-refractivity contribution in [2.45, 2.75) is 39.8 Å². The van der Waals surface area contributed by atoms with Crippen LogP contribution in [0.5, 0.6) is 0 Å².